The van der Waals surface area contributed by atoms with Gasteiger partial charge in [0.2, 0.25) is 0 Å². The van der Waals surface area contributed by atoms with Gasteiger partial charge in [-0.25, -0.2) is 0 Å². The van der Waals surface area contributed by atoms with Crippen molar-refractivity contribution in [3.05, 3.63) is 41.6 Å². The molecular weight excluding hydrogens is 286 g/mol. The summed E-state index contributed by atoms with van der Waals surface area (Å²) in [6.07, 6.45) is 3.78. The van der Waals surface area contributed by atoms with Crippen molar-refractivity contribution in [2.45, 2.75) is 39.3 Å². The molecule has 2 aromatic heterocycles. The first kappa shape index (κ1) is 15.8. The van der Waals surface area contributed by atoms with Crippen molar-refractivity contribution in [1.29, 1.82) is 0 Å². The van der Waals surface area contributed by atoms with E-state index in [4.69, 9.17) is 9.52 Å². The van der Waals surface area contributed by atoms with Crippen LogP contribution in [0.4, 0.5) is 0 Å². The van der Waals surface area contributed by atoms with Gasteiger partial charge in [-0.05, 0) is 25.5 Å². The molecule has 118 valence electrons. The molecule has 0 saturated carbocycles. The average molecular weight is 305 g/mol. The lowest BCUT2D eigenvalue weighted by atomic mass is 10.1. The van der Waals surface area contributed by atoms with Crippen molar-refractivity contribution in [3.8, 4) is 0 Å². The molecule has 2 heterocycles. The van der Waals surface area contributed by atoms with Crippen molar-refractivity contribution >= 4 is 11.9 Å². The van der Waals surface area contributed by atoms with E-state index in [1.165, 1.54) is 6.26 Å². The number of nitrogens with one attached hydrogen (secondary N) is 1. The Balaban J connectivity index is 2.15. The maximum absolute atomic E-state index is 12.4. The molecule has 1 atom stereocenters. The maximum atomic E-state index is 12.4. The molecule has 0 saturated heterocycles. The highest BCUT2D eigenvalue weighted by atomic mass is 16.4. The zero-order valence-corrected chi connectivity index (χ0v) is 12.6. The van der Waals surface area contributed by atoms with Crippen LogP contribution in [0.1, 0.15) is 47.6 Å². The number of carbonyl (C=O) groups excluding carboxylic acids is 1. The predicted molar refractivity (Wildman–Crippen MR) is 78.4 cm³/mol. The van der Waals surface area contributed by atoms with Gasteiger partial charge in [-0.15, -0.1) is 0 Å². The second-order valence-corrected chi connectivity index (χ2v) is 5.03. The van der Waals surface area contributed by atoms with E-state index in [0.29, 0.717) is 17.0 Å². The molecule has 0 aromatic carbocycles. The standard InChI is InChI=1S/C15H19N3O4/c1-3-6-18-9-11(10(2)17-18)15(21)16-12(8-14(19)20)13-5-4-7-22-13/h4-5,7,9,12H,3,6,8H2,1-2H3,(H,16,21)(H,19,20)/t12-/m0/s1. The molecule has 2 aromatic rings. The van der Waals surface area contributed by atoms with Crippen LogP contribution < -0.4 is 5.32 Å². The van der Waals surface area contributed by atoms with Crippen LogP contribution in [0.15, 0.2) is 29.0 Å². The van der Waals surface area contributed by atoms with Crippen LogP contribution in [-0.2, 0) is 11.3 Å². The molecule has 7 heteroatoms. The molecule has 2 N–H and O–H groups in total. The van der Waals surface area contributed by atoms with Crippen molar-refractivity contribution < 1.29 is 19.1 Å². The summed E-state index contributed by atoms with van der Waals surface area (Å²) in [5.74, 6) is -0.961. The Hall–Kier alpha value is -2.57. The minimum Gasteiger partial charge on any atom is -0.481 e. The molecule has 0 bridgehead atoms. The van der Waals surface area contributed by atoms with E-state index in [0.717, 1.165) is 13.0 Å². The fraction of sp³-hybridized carbons (Fsp3) is 0.400. The number of aryl methyl sites for hydroxylation is 2. The fourth-order valence-electron chi connectivity index (χ4n) is 2.21. The van der Waals surface area contributed by atoms with Crippen LogP contribution in [0.3, 0.4) is 0 Å². The van der Waals surface area contributed by atoms with Crippen molar-refractivity contribution in [2.75, 3.05) is 0 Å². The molecule has 0 spiro atoms. The van der Waals surface area contributed by atoms with E-state index < -0.39 is 12.0 Å². The lowest BCUT2D eigenvalue weighted by Gasteiger charge is -2.14. The Kier molecular flexibility index (Phi) is 4.98. The van der Waals surface area contributed by atoms with Crippen LogP contribution >= 0.6 is 0 Å². The number of carboxylic acids is 1. The third-order valence-electron chi connectivity index (χ3n) is 3.21. The number of rotatable bonds is 7. The van der Waals surface area contributed by atoms with Gasteiger partial charge in [-0.1, -0.05) is 6.92 Å². The average Bonchev–Trinajstić information content (AvgIpc) is 3.07. The number of carboxylic acid groups (broad SMARTS) is 1. The molecule has 2 rings (SSSR count). The van der Waals surface area contributed by atoms with Gasteiger partial charge in [0.05, 0.1) is 30.0 Å². The van der Waals surface area contributed by atoms with Crippen molar-refractivity contribution in [3.63, 3.8) is 0 Å². The molecule has 1 amide bonds. The summed E-state index contributed by atoms with van der Waals surface area (Å²) in [7, 11) is 0. The molecule has 0 aliphatic heterocycles. The van der Waals surface area contributed by atoms with Crippen molar-refractivity contribution in [2.24, 2.45) is 0 Å². The number of hydrogen-bond donors (Lipinski definition) is 2. The SMILES string of the molecule is CCCn1cc(C(=O)N[C@@H](CC(=O)O)c2ccco2)c(C)n1. The zero-order chi connectivity index (χ0) is 16.1. The largest absolute Gasteiger partial charge is 0.481 e. The first-order valence-corrected chi connectivity index (χ1v) is 7.11. The topological polar surface area (TPSA) is 97.4 Å². The first-order chi connectivity index (χ1) is 10.5. The van der Waals surface area contributed by atoms with Crippen LogP contribution in [0, 0.1) is 6.92 Å². The number of hydrogen-bond acceptors (Lipinski definition) is 4. The third-order valence-corrected chi connectivity index (χ3v) is 3.21. The summed E-state index contributed by atoms with van der Waals surface area (Å²) in [5.41, 5.74) is 1.05. The van der Waals surface area contributed by atoms with Crippen LogP contribution in [0.2, 0.25) is 0 Å². The highest BCUT2D eigenvalue weighted by Gasteiger charge is 2.23. The fourth-order valence-corrected chi connectivity index (χ4v) is 2.21. The maximum Gasteiger partial charge on any atom is 0.305 e. The molecule has 0 fully saturated rings. The summed E-state index contributed by atoms with van der Waals surface area (Å²) >= 11 is 0. The van der Waals surface area contributed by atoms with Gasteiger partial charge in [-0.2, -0.15) is 5.10 Å². The number of aliphatic carboxylic acids is 1. The van der Waals surface area contributed by atoms with E-state index in [1.54, 1.807) is 29.9 Å². The second-order valence-electron chi connectivity index (χ2n) is 5.03. The van der Waals surface area contributed by atoms with E-state index in [9.17, 15) is 9.59 Å². The summed E-state index contributed by atoms with van der Waals surface area (Å²) in [6.45, 7) is 4.50. The van der Waals surface area contributed by atoms with E-state index in [-0.39, 0.29) is 12.3 Å². The first-order valence-electron chi connectivity index (χ1n) is 7.11. The minimum atomic E-state index is -1.01. The van der Waals surface area contributed by atoms with Gasteiger partial charge in [0.1, 0.15) is 5.76 Å². The smallest absolute Gasteiger partial charge is 0.305 e. The highest BCUT2D eigenvalue weighted by molar-refractivity contribution is 5.95. The Morgan fingerprint density at radius 3 is 2.86 bits per heavy atom. The second kappa shape index (κ2) is 6.93. The lowest BCUT2D eigenvalue weighted by molar-refractivity contribution is -0.137. The Labute approximate surface area is 127 Å². The van der Waals surface area contributed by atoms with Crippen LogP contribution in [0.25, 0.3) is 0 Å². The number of aromatic nitrogens is 2. The number of carbonyl (C=O) groups is 2. The zero-order valence-electron chi connectivity index (χ0n) is 12.6. The third kappa shape index (κ3) is 3.75. The molecule has 0 aliphatic rings. The van der Waals surface area contributed by atoms with Gasteiger partial charge in [-0.3, -0.25) is 14.3 Å². The van der Waals surface area contributed by atoms with Gasteiger partial charge in [0.15, 0.2) is 0 Å². The molecular formula is C15H19N3O4. The van der Waals surface area contributed by atoms with Gasteiger partial charge in [0.25, 0.3) is 5.91 Å². The Bertz CT molecular complexity index is 646. The number of nitrogens with zero attached hydrogens (tertiary/aromatic N) is 2. The van der Waals surface area contributed by atoms with Gasteiger partial charge < -0.3 is 14.8 Å². The van der Waals surface area contributed by atoms with E-state index >= 15 is 0 Å². The number of amides is 1. The number of furan rings is 1. The molecule has 0 aliphatic carbocycles. The molecule has 22 heavy (non-hydrogen) atoms. The van der Waals surface area contributed by atoms with Gasteiger partial charge in [0, 0.05) is 12.7 Å². The molecule has 7 nitrogen and oxygen atoms in total. The Morgan fingerprint density at radius 1 is 1.50 bits per heavy atom. The quantitative estimate of drug-likeness (QED) is 0.816. The van der Waals surface area contributed by atoms with E-state index in [1.807, 2.05) is 6.92 Å². The summed E-state index contributed by atoms with van der Waals surface area (Å²) < 4.78 is 6.92. The summed E-state index contributed by atoms with van der Waals surface area (Å²) in [5, 5.41) is 16.0. The predicted octanol–water partition coefficient (Wildman–Crippen LogP) is 2.14. The van der Waals surface area contributed by atoms with Crippen LogP contribution in [0.5, 0.6) is 0 Å². The van der Waals surface area contributed by atoms with Crippen LogP contribution in [-0.4, -0.2) is 26.8 Å². The lowest BCUT2D eigenvalue weighted by Crippen LogP contribution is -2.30. The van der Waals surface area contributed by atoms with Gasteiger partial charge >= 0.3 is 5.97 Å². The normalized spacial score (nSPS) is 12.1. The van der Waals surface area contributed by atoms with E-state index in [2.05, 4.69) is 10.4 Å². The summed E-state index contributed by atoms with van der Waals surface area (Å²) in [4.78, 5) is 23.3. The minimum absolute atomic E-state index is 0.249. The highest BCUT2D eigenvalue weighted by Crippen LogP contribution is 2.18. The molecule has 0 radical (unpaired) electrons. The Morgan fingerprint density at radius 2 is 2.27 bits per heavy atom. The monoisotopic (exact) mass is 305 g/mol. The summed E-state index contributed by atoms with van der Waals surface area (Å²) in [6, 6.07) is 2.58. The molecule has 0 unspecified atom stereocenters. The van der Waals surface area contributed by atoms with Crippen molar-refractivity contribution in [1.82, 2.24) is 15.1 Å².